The van der Waals surface area contributed by atoms with Gasteiger partial charge in [-0.15, -0.1) is 0 Å². The number of aryl methyl sites for hydroxylation is 2. The monoisotopic (exact) mass is 340 g/mol. The molecule has 0 radical (unpaired) electrons. The van der Waals surface area contributed by atoms with Crippen LogP contribution < -0.4 is 9.46 Å². The Kier molecular flexibility index (Phi) is 6.06. The zero-order chi connectivity index (χ0) is 17.0. The predicted octanol–water partition coefficient (Wildman–Crippen LogP) is 2.64. The molecule has 0 saturated carbocycles. The average molecular weight is 340 g/mol. The topological polar surface area (TPSA) is 58.6 Å². The first-order valence-corrected chi connectivity index (χ1v) is 9.70. The Balaban J connectivity index is 1.90. The van der Waals surface area contributed by atoms with Crippen LogP contribution in [0.1, 0.15) is 37.8 Å². The molecule has 1 aliphatic rings. The van der Waals surface area contributed by atoms with Crippen molar-refractivity contribution in [3.8, 4) is 5.75 Å². The third-order valence-electron chi connectivity index (χ3n) is 4.32. The summed E-state index contributed by atoms with van der Waals surface area (Å²) >= 11 is 0. The lowest BCUT2D eigenvalue weighted by Crippen LogP contribution is -2.48. The quantitative estimate of drug-likeness (QED) is 0.866. The van der Waals surface area contributed by atoms with Crippen LogP contribution in [-0.4, -0.2) is 38.5 Å². The van der Waals surface area contributed by atoms with Crippen LogP contribution in [0.4, 0.5) is 0 Å². The van der Waals surface area contributed by atoms with Crippen molar-refractivity contribution in [3.63, 3.8) is 0 Å². The highest BCUT2D eigenvalue weighted by atomic mass is 32.2. The van der Waals surface area contributed by atoms with E-state index in [-0.39, 0.29) is 6.04 Å². The highest BCUT2D eigenvalue weighted by molar-refractivity contribution is 7.87. The van der Waals surface area contributed by atoms with Gasteiger partial charge in [0.2, 0.25) is 0 Å². The molecule has 0 bridgehead atoms. The molecule has 1 aromatic carbocycles. The SMILES string of the molecule is Cc1cccc(C)c1OC[C@@H](C)NS(=O)(=O)N1CCC(C)CC1. The van der Waals surface area contributed by atoms with E-state index in [0.29, 0.717) is 25.6 Å². The molecule has 0 aliphatic carbocycles. The number of rotatable bonds is 6. The Morgan fingerprint density at radius 1 is 1.26 bits per heavy atom. The zero-order valence-electron chi connectivity index (χ0n) is 14.5. The predicted molar refractivity (Wildman–Crippen MR) is 92.9 cm³/mol. The van der Waals surface area contributed by atoms with Crippen LogP contribution in [0.25, 0.3) is 0 Å². The highest BCUT2D eigenvalue weighted by Gasteiger charge is 2.27. The molecule has 0 unspecified atom stereocenters. The van der Waals surface area contributed by atoms with E-state index in [1.165, 1.54) is 0 Å². The van der Waals surface area contributed by atoms with Crippen molar-refractivity contribution in [1.29, 1.82) is 0 Å². The minimum atomic E-state index is -3.43. The number of benzene rings is 1. The molecule has 0 aromatic heterocycles. The molecule has 5 nitrogen and oxygen atoms in total. The minimum absolute atomic E-state index is 0.279. The van der Waals surface area contributed by atoms with E-state index < -0.39 is 10.2 Å². The van der Waals surface area contributed by atoms with Gasteiger partial charge in [-0.25, -0.2) is 0 Å². The molecule has 1 aliphatic heterocycles. The maximum atomic E-state index is 12.4. The number of piperidine rings is 1. The number of hydrogen-bond acceptors (Lipinski definition) is 3. The van der Waals surface area contributed by atoms with E-state index in [0.717, 1.165) is 29.7 Å². The summed E-state index contributed by atoms with van der Waals surface area (Å²) < 4.78 is 34.9. The van der Waals surface area contributed by atoms with Crippen molar-refractivity contribution in [3.05, 3.63) is 29.3 Å². The second kappa shape index (κ2) is 7.64. The van der Waals surface area contributed by atoms with Crippen LogP contribution in [0, 0.1) is 19.8 Å². The minimum Gasteiger partial charge on any atom is -0.491 e. The molecule has 1 atom stereocenters. The fraction of sp³-hybridized carbons (Fsp3) is 0.647. The Hall–Kier alpha value is -1.11. The van der Waals surface area contributed by atoms with Crippen molar-refractivity contribution in [2.24, 2.45) is 5.92 Å². The van der Waals surface area contributed by atoms with E-state index in [9.17, 15) is 8.42 Å². The van der Waals surface area contributed by atoms with Gasteiger partial charge < -0.3 is 4.74 Å². The lowest BCUT2D eigenvalue weighted by Gasteiger charge is -2.30. The maximum absolute atomic E-state index is 12.4. The van der Waals surface area contributed by atoms with Gasteiger partial charge in [-0.1, -0.05) is 25.1 Å². The summed E-state index contributed by atoms with van der Waals surface area (Å²) in [6.07, 6.45) is 1.85. The van der Waals surface area contributed by atoms with E-state index >= 15 is 0 Å². The second-order valence-electron chi connectivity index (χ2n) is 6.64. The smallest absolute Gasteiger partial charge is 0.279 e. The number of para-hydroxylation sites is 1. The fourth-order valence-electron chi connectivity index (χ4n) is 2.82. The highest BCUT2D eigenvalue weighted by Crippen LogP contribution is 2.22. The molecule has 0 amide bonds. The first-order chi connectivity index (χ1) is 10.8. The first kappa shape index (κ1) is 18.2. The molecule has 1 fully saturated rings. The Morgan fingerprint density at radius 2 is 1.83 bits per heavy atom. The van der Waals surface area contributed by atoms with Crippen LogP contribution >= 0.6 is 0 Å². The largest absolute Gasteiger partial charge is 0.491 e. The molecular weight excluding hydrogens is 312 g/mol. The summed E-state index contributed by atoms with van der Waals surface area (Å²) in [4.78, 5) is 0. The van der Waals surface area contributed by atoms with Gasteiger partial charge in [0.05, 0.1) is 6.04 Å². The van der Waals surface area contributed by atoms with Crippen molar-refractivity contribution in [2.45, 2.75) is 46.6 Å². The molecule has 23 heavy (non-hydrogen) atoms. The van der Waals surface area contributed by atoms with E-state index in [1.54, 1.807) is 4.31 Å². The van der Waals surface area contributed by atoms with Crippen molar-refractivity contribution in [1.82, 2.24) is 9.03 Å². The number of hydrogen-bond donors (Lipinski definition) is 1. The van der Waals surface area contributed by atoms with Crippen LogP contribution in [0.15, 0.2) is 18.2 Å². The third-order valence-corrected chi connectivity index (χ3v) is 6.06. The van der Waals surface area contributed by atoms with Crippen LogP contribution in [0.5, 0.6) is 5.75 Å². The molecule has 130 valence electrons. The van der Waals surface area contributed by atoms with Gasteiger partial charge in [0.15, 0.2) is 0 Å². The maximum Gasteiger partial charge on any atom is 0.279 e. The Labute approximate surface area is 140 Å². The van der Waals surface area contributed by atoms with E-state index in [1.807, 2.05) is 39.0 Å². The van der Waals surface area contributed by atoms with Crippen LogP contribution in [-0.2, 0) is 10.2 Å². The van der Waals surface area contributed by atoms with Crippen LogP contribution in [0.3, 0.4) is 0 Å². The van der Waals surface area contributed by atoms with Gasteiger partial charge in [0.25, 0.3) is 10.2 Å². The summed E-state index contributed by atoms with van der Waals surface area (Å²) in [6, 6.07) is 5.69. The Bertz CT molecular complexity index is 602. The van der Waals surface area contributed by atoms with Crippen molar-refractivity contribution >= 4 is 10.2 Å². The number of nitrogens with zero attached hydrogens (tertiary/aromatic N) is 1. The molecule has 1 heterocycles. The molecule has 1 aromatic rings. The standard InChI is InChI=1S/C17H28N2O3S/c1-13-8-10-19(11-9-13)23(20,21)18-16(4)12-22-17-14(2)6-5-7-15(17)3/h5-7,13,16,18H,8-12H2,1-4H3/t16-/m1/s1. The van der Waals surface area contributed by atoms with Gasteiger partial charge in [-0.2, -0.15) is 17.4 Å². The first-order valence-electron chi connectivity index (χ1n) is 8.26. The van der Waals surface area contributed by atoms with Gasteiger partial charge in [0.1, 0.15) is 12.4 Å². The molecule has 6 heteroatoms. The fourth-order valence-corrected chi connectivity index (χ4v) is 4.24. The van der Waals surface area contributed by atoms with E-state index in [4.69, 9.17) is 4.74 Å². The molecule has 2 rings (SSSR count). The lowest BCUT2D eigenvalue weighted by molar-refractivity contribution is 0.266. The van der Waals surface area contributed by atoms with Crippen LogP contribution in [0.2, 0.25) is 0 Å². The van der Waals surface area contributed by atoms with Gasteiger partial charge in [-0.05, 0) is 50.7 Å². The van der Waals surface area contributed by atoms with Crippen molar-refractivity contribution < 1.29 is 13.2 Å². The third kappa shape index (κ3) is 4.93. The van der Waals surface area contributed by atoms with Gasteiger partial charge in [0, 0.05) is 13.1 Å². The second-order valence-corrected chi connectivity index (χ2v) is 8.34. The van der Waals surface area contributed by atoms with Gasteiger partial charge >= 0.3 is 0 Å². The molecule has 0 spiro atoms. The Morgan fingerprint density at radius 3 is 2.39 bits per heavy atom. The normalized spacial score (nSPS) is 18.8. The summed E-state index contributed by atoms with van der Waals surface area (Å²) in [5.74, 6) is 1.44. The molecule has 1 N–H and O–H groups in total. The average Bonchev–Trinajstić information content (AvgIpc) is 2.46. The van der Waals surface area contributed by atoms with Crippen molar-refractivity contribution in [2.75, 3.05) is 19.7 Å². The van der Waals surface area contributed by atoms with Gasteiger partial charge in [-0.3, -0.25) is 0 Å². The van der Waals surface area contributed by atoms with E-state index in [2.05, 4.69) is 11.6 Å². The summed E-state index contributed by atoms with van der Waals surface area (Å²) in [6.45, 7) is 9.49. The number of nitrogens with one attached hydrogen (secondary N) is 1. The summed E-state index contributed by atoms with van der Waals surface area (Å²) in [5, 5.41) is 0. The molecular formula is C17H28N2O3S. The summed E-state index contributed by atoms with van der Waals surface area (Å²) in [5.41, 5.74) is 2.12. The summed E-state index contributed by atoms with van der Waals surface area (Å²) in [7, 11) is -3.43. The molecule has 1 saturated heterocycles. The lowest BCUT2D eigenvalue weighted by atomic mass is 10.0. The zero-order valence-corrected chi connectivity index (χ0v) is 15.3. The number of ether oxygens (including phenoxy) is 1.